The molecule has 23 heavy (non-hydrogen) atoms. The summed E-state index contributed by atoms with van der Waals surface area (Å²) in [7, 11) is -3.71. The summed E-state index contributed by atoms with van der Waals surface area (Å²) in [6.07, 6.45) is -0.719. The maximum atomic E-state index is 12.5. The van der Waals surface area contributed by atoms with E-state index in [0.717, 1.165) is 49.9 Å². The van der Waals surface area contributed by atoms with E-state index >= 15 is 0 Å². The van der Waals surface area contributed by atoms with Crippen LogP contribution in [0.3, 0.4) is 0 Å². The van der Waals surface area contributed by atoms with E-state index in [0.29, 0.717) is 12.5 Å². The standard InChI is InChI=1S/C15H19F3N2O2S/c1-11-6-8-14(9-7-11)10-20(14)23(21,22)19-13-4-2-12(3-5-13)15(16,17)18/h2-5,11,19H,6-10H2,1H3. The molecule has 1 atom stereocenters. The van der Waals surface area contributed by atoms with Crippen molar-refractivity contribution >= 4 is 15.9 Å². The van der Waals surface area contributed by atoms with Crippen LogP contribution in [0.2, 0.25) is 0 Å². The second-order valence-electron chi connectivity index (χ2n) is 6.60. The molecule has 1 aliphatic carbocycles. The molecular weight excluding hydrogens is 329 g/mol. The van der Waals surface area contributed by atoms with Gasteiger partial charge in [0.05, 0.1) is 11.1 Å². The Hall–Kier alpha value is -1.28. The minimum atomic E-state index is -4.43. The molecule has 2 fully saturated rings. The first-order valence-electron chi connectivity index (χ1n) is 7.60. The monoisotopic (exact) mass is 348 g/mol. The van der Waals surface area contributed by atoms with Crippen molar-refractivity contribution in [2.45, 2.75) is 44.3 Å². The van der Waals surface area contributed by atoms with Crippen LogP contribution in [-0.4, -0.2) is 24.8 Å². The maximum absolute atomic E-state index is 12.5. The average Bonchev–Trinajstić information content (AvgIpc) is 3.17. The minimum absolute atomic E-state index is 0.143. The Kier molecular flexibility index (Phi) is 3.87. The smallest absolute Gasteiger partial charge is 0.271 e. The molecular formula is C15H19F3N2O2S. The quantitative estimate of drug-likeness (QED) is 0.848. The molecule has 2 aliphatic rings. The molecule has 1 unspecified atom stereocenters. The van der Waals surface area contributed by atoms with Crippen molar-refractivity contribution in [1.29, 1.82) is 0 Å². The third kappa shape index (κ3) is 3.33. The number of anilines is 1. The molecule has 1 aromatic carbocycles. The number of alkyl halides is 3. The number of hydrogen-bond acceptors (Lipinski definition) is 2. The third-order valence-corrected chi connectivity index (χ3v) is 6.41. The fourth-order valence-corrected chi connectivity index (χ4v) is 4.86. The molecule has 8 heteroatoms. The van der Waals surface area contributed by atoms with Gasteiger partial charge in [-0.25, -0.2) is 0 Å². The van der Waals surface area contributed by atoms with E-state index in [1.54, 1.807) is 0 Å². The molecule has 1 heterocycles. The van der Waals surface area contributed by atoms with Gasteiger partial charge in [-0.1, -0.05) is 6.92 Å². The van der Waals surface area contributed by atoms with Crippen molar-refractivity contribution in [3.05, 3.63) is 29.8 Å². The van der Waals surface area contributed by atoms with Crippen molar-refractivity contribution in [1.82, 2.24) is 4.31 Å². The van der Waals surface area contributed by atoms with E-state index in [2.05, 4.69) is 11.6 Å². The largest absolute Gasteiger partial charge is 0.416 e. The lowest BCUT2D eigenvalue weighted by molar-refractivity contribution is -0.137. The van der Waals surface area contributed by atoms with Crippen molar-refractivity contribution in [2.75, 3.05) is 11.3 Å². The molecule has 1 aliphatic heterocycles. The first-order chi connectivity index (χ1) is 10.6. The van der Waals surface area contributed by atoms with Crippen molar-refractivity contribution in [2.24, 2.45) is 5.92 Å². The van der Waals surface area contributed by atoms with E-state index in [4.69, 9.17) is 0 Å². The lowest BCUT2D eigenvalue weighted by Crippen LogP contribution is -2.31. The molecule has 0 radical (unpaired) electrons. The average molecular weight is 348 g/mol. The highest BCUT2D eigenvalue weighted by atomic mass is 32.2. The first-order valence-corrected chi connectivity index (χ1v) is 9.04. The van der Waals surface area contributed by atoms with Crippen molar-refractivity contribution < 1.29 is 21.6 Å². The molecule has 1 aromatic rings. The number of rotatable bonds is 3. The van der Waals surface area contributed by atoms with Crippen LogP contribution in [0.4, 0.5) is 18.9 Å². The first kappa shape index (κ1) is 16.6. The van der Waals surface area contributed by atoms with Gasteiger partial charge in [0.1, 0.15) is 0 Å². The summed E-state index contributed by atoms with van der Waals surface area (Å²) < 4.78 is 66.1. The highest BCUT2D eigenvalue weighted by Crippen LogP contribution is 2.48. The molecule has 0 aromatic heterocycles. The van der Waals surface area contributed by atoms with Gasteiger partial charge in [0, 0.05) is 12.2 Å². The van der Waals surface area contributed by atoms with Gasteiger partial charge in [-0.2, -0.15) is 25.9 Å². The predicted molar refractivity (Wildman–Crippen MR) is 81.1 cm³/mol. The molecule has 4 nitrogen and oxygen atoms in total. The Morgan fingerprint density at radius 2 is 1.74 bits per heavy atom. The Labute approximate surface area is 133 Å². The zero-order valence-electron chi connectivity index (χ0n) is 12.7. The Balaban J connectivity index is 1.68. The van der Waals surface area contributed by atoms with E-state index in [-0.39, 0.29) is 11.2 Å². The molecule has 1 N–H and O–H groups in total. The highest BCUT2D eigenvalue weighted by molar-refractivity contribution is 7.90. The number of halogens is 3. The summed E-state index contributed by atoms with van der Waals surface area (Å²) in [5.74, 6) is 0.619. The lowest BCUT2D eigenvalue weighted by atomic mass is 9.83. The molecule has 0 bridgehead atoms. The van der Waals surface area contributed by atoms with E-state index in [1.165, 1.54) is 4.31 Å². The maximum Gasteiger partial charge on any atom is 0.416 e. The zero-order valence-corrected chi connectivity index (χ0v) is 13.5. The van der Waals surface area contributed by atoms with E-state index in [1.807, 2.05) is 0 Å². The summed E-state index contributed by atoms with van der Waals surface area (Å²) in [5, 5.41) is 0. The van der Waals surface area contributed by atoms with Gasteiger partial charge in [-0.15, -0.1) is 0 Å². The fraction of sp³-hybridized carbons (Fsp3) is 0.600. The second kappa shape index (κ2) is 5.37. The lowest BCUT2D eigenvalue weighted by Gasteiger charge is -2.26. The Morgan fingerprint density at radius 3 is 2.26 bits per heavy atom. The minimum Gasteiger partial charge on any atom is -0.271 e. The van der Waals surface area contributed by atoms with Gasteiger partial charge in [0.25, 0.3) is 0 Å². The van der Waals surface area contributed by atoms with Crippen LogP contribution >= 0.6 is 0 Å². The summed E-state index contributed by atoms with van der Waals surface area (Å²) in [5.41, 5.74) is -0.932. The SMILES string of the molecule is CC1CCC2(CC1)CN2S(=O)(=O)Nc1ccc(C(F)(F)F)cc1. The van der Waals surface area contributed by atoms with Gasteiger partial charge in [-0.05, 0) is 55.9 Å². The van der Waals surface area contributed by atoms with Crippen LogP contribution in [0.15, 0.2) is 24.3 Å². The Bertz CT molecular complexity index is 678. The molecule has 1 saturated carbocycles. The summed E-state index contributed by atoms with van der Waals surface area (Å²) in [6, 6.07) is 4.02. The van der Waals surface area contributed by atoms with Gasteiger partial charge in [-0.3, -0.25) is 4.72 Å². The Morgan fingerprint density at radius 1 is 1.17 bits per heavy atom. The highest BCUT2D eigenvalue weighted by Gasteiger charge is 2.59. The van der Waals surface area contributed by atoms with Crippen LogP contribution in [0, 0.1) is 5.92 Å². The fourth-order valence-electron chi connectivity index (χ4n) is 3.21. The number of nitrogens with one attached hydrogen (secondary N) is 1. The van der Waals surface area contributed by atoms with Gasteiger partial charge in [0.2, 0.25) is 0 Å². The van der Waals surface area contributed by atoms with Gasteiger partial charge < -0.3 is 0 Å². The van der Waals surface area contributed by atoms with Crippen LogP contribution in [0.1, 0.15) is 38.2 Å². The number of nitrogens with zero attached hydrogens (tertiary/aromatic N) is 1. The summed E-state index contributed by atoms with van der Waals surface area (Å²) in [6.45, 7) is 2.66. The van der Waals surface area contributed by atoms with Crippen LogP contribution in [-0.2, 0) is 16.4 Å². The normalized spacial score (nSPS) is 31.1. The zero-order chi connectivity index (χ0) is 16.9. The number of hydrogen-bond donors (Lipinski definition) is 1. The van der Waals surface area contributed by atoms with Crippen LogP contribution < -0.4 is 4.72 Å². The van der Waals surface area contributed by atoms with Gasteiger partial charge >= 0.3 is 16.4 Å². The molecule has 1 spiro atoms. The summed E-state index contributed by atoms with van der Waals surface area (Å²) >= 11 is 0. The van der Waals surface area contributed by atoms with Crippen LogP contribution in [0.25, 0.3) is 0 Å². The van der Waals surface area contributed by atoms with Crippen molar-refractivity contribution in [3.8, 4) is 0 Å². The molecule has 0 amide bonds. The third-order valence-electron chi connectivity index (χ3n) is 4.82. The predicted octanol–water partition coefficient (Wildman–Crippen LogP) is 3.63. The van der Waals surface area contributed by atoms with Gasteiger partial charge in [0.15, 0.2) is 0 Å². The van der Waals surface area contributed by atoms with Crippen molar-refractivity contribution in [3.63, 3.8) is 0 Å². The topological polar surface area (TPSA) is 49.2 Å². The van der Waals surface area contributed by atoms with Crippen LogP contribution in [0.5, 0.6) is 0 Å². The summed E-state index contributed by atoms with van der Waals surface area (Å²) in [4.78, 5) is 0. The molecule has 128 valence electrons. The molecule has 1 saturated heterocycles. The van der Waals surface area contributed by atoms with E-state index < -0.39 is 21.9 Å². The molecule has 3 rings (SSSR count). The second-order valence-corrected chi connectivity index (χ2v) is 8.19. The number of benzene rings is 1. The van der Waals surface area contributed by atoms with E-state index in [9.17, 15) is 21.6 Å².